The molecule has 1 saturated carbocycles. The Kier molecular flexibility index (Phi) is 21.3. The SMILES string of the molecule is CO[C@H]1C[C@@H]2CC[C@@H](C)[C@@](O)(O2)C(=O)C(=O)N2CS(=O)CC[C@H]2C(=O)O[C@H]([C@H](C)C[C@@H]2CC[C@@H](O)[C@H](OC)C2)CC(=O)[C@H](C)/C=C(\C)[C@@H](O)[C@@H](OC)C(=O)[C@H](C)C[C@H](C)/C=C/C=C/C=C/1C. The van der Waals surface area contributed by atoms with Gasteiger partial charge in [-0.05, 0) is 94.1 Å². The molecule has 1 amide bonds. The number of carbonyl (C=O) groups is 5. The van der Waals surface area contributed by atoms with Crippen molar-refractivity contribution < 1.29 is 67.2 Å². The third kappa shape index (κ3) is 14.4. The van der Waals surface area contributed by atoms with Gasteiger partial charge in [-0.15, -0.1) is 0 Å². The fourth-order valence-corrected chi connectivity index (χ4v) is 11.1. The van der Waals surface area contributed by atoms with Crippen molar-refractivity contribution in [3.8, 4) is 0 Å². The van der Waals surface area contributed by atoms with Crippen molar-refractivity contribution >= 4 is 40.0 Å². The number of allylic oxidation sites excluding steroid dienone is 6. The number of aliphatic hydroxyl groups excluding tert-OH is 2. The zero-order valence-electron chi connectivity index (χ0n) is 40.7. The van der Waals surface area contributed by atoms with Crippen molar-refractivity contribution in [2.75, 3.05) is 33.0 Å². The Morgan fingerprint density at radius 2 is 1.59 bits per heavy atom. The van der Waals surface area contributed by atoms with Gasteiger partial charge >= 0.3 is 5.97 Å². The molecule has 4 rings (SSSR count). The molecule has 1 aliphatic carbocycles. The molecule has 1 unspecified atom stereocenters. The number of hydrogen-bond acceptors (Lipinski definition) is 14. The number of fused-ring (bicyclic) bond motifs is 3. The van der Waals surface area contributed by atoms with Gasteiger partial charge in [-0.2, -0.15) is 0 Å². The molecule has 0 spiro atoms. The van der Waals surface area contributed by atoms with E-state index in [1.807, 2.05) is 51.2 Å². The molecule has 372 valence electrons. The highest BCUT2D eigenvalue weighted by Gasteiger charge is 2.53. The summed E-state index contributed by atoms with van der Waals surface area (Å²) in [4.78, 5) is 71.5. The van der Waals surface area contributed by atoms with Gasteiger partial charge in [0.05, 0.1) is 30.3 Å². The normalized spacial score (nSPS) is 41.1. The van der Waals surface area contributed by atoms with Crippen molar-refractivity contribution in [1.29, 1.82) is 0 Å². The van der Waals surface area contributed by atoms with E-state index in [0.717, 1.165) is 10.5 Å². The largest absolute Gasteiger partial charge is 0.460 e. The Bertz CT molecular complexity index is 1850. The fourth-order valence-electron chi connectivity index (χ4n) is 9.85. The predicted octanol–water partition coefficient (Wildman–Crippen LogP) is 5.11. The highest BCUT2D eigenvalue weighted by atomic mass is 32.2. The molecule has 3 heterocycles. The number of nitrogens with zero attached hydrogens (tertiary/aromatic N) is 1. The summed E-state index contributed by atoms with van der Waals surface area (Å²) >= 11 is 0. The van der Waals surface area contributed by atoms with Crippen LogP contribution in [0.15, 0.2) is 47.6 Å². The molecular formula is C50H77NO14S. The average molecular weight is 948 g/mol. The van der Waals surface area contributed by atoms with Crippen LogP contribution in [0.3, 0.4) is 0 Å². The molecule has 3 aliphatic heterocycles. The smallest absolute Gasteiger partial charge is 0.329 e. The topological polar surface area (TPSA) is 212 Å². The summed E-state index contributed by atoms with van der Waals surface area (Å²) in [5.74, 6) is -9.29. The molecule has 66 heavy (non-hydrogen) atoms. The van der Waals surface area contributed by atoms with Crippen LogP contribution >= 0.6 is 0 Å². The van der Waals surface area contributed by atoms with E-state index < -0.39 is 106 Å². The minimum atomic E-state index is -2.54. The second-order valence-corrected chi connectivity index (χ2v) is 21.0. The first-order valence-electron chi connectivity index (χ1n) is 23.7. The molecule has 15 nitrogen and oxygen atoms in total. The maximum absolute atomic E-state index is 14.4. The molecule has 2 saturated heterocycles. The van der Waals surface area contributed by atoms with Gasteiger partial charge in [-0.3, -0.25) is 23.4 Å². The highest BCUT2D eigenvalue weighted by Crippen LogP contribution is 2.37. The molecule has 16 atom stereocenters. The second kappa shape index (κ2) is 25.4. The van der Waals surface area contributed by atoms with Crippen molar-refractivity contribution in [1.82, 2.24) is 4.90 Å². The number of aliphatic hydroxyl groups is 3. The summed E-state index contributed by atoms with van der Waals surface area (Å²) in [5, 5.41) is 33.8. The summed E-state index contributed by atoms with van der Waals surface area (Å²) < 4.78 is 42.2. The van der Waals surface area contributed by atoms with Crippen molar-refractivity contribution in [3.63, 3.8) is 0 Å². The van der Waals surface area contributed by atoms with E-state index in [9.17, 15) is 43.5 Å². The second-order valence-electron chi connectivity index (χ2n) is 19.4. The van der Waals surface area contributed by atoms with E-state index in [1.54, 1.807) is 48.0 Å². The third-order valence-corrected chi connectivity index (χ3v) is 15.5. The first-order chi connectivity index (χ1) is 31.1. The summed E-state index contributed by atoms with van der Waals surface area (Å²) in [6.07, 6.45) is 8.92. The maximum Gasteiger partial charge on any atom is 0.329 e. The van der Waals surface area contributed by atoms with Crippen molar-refractivity contribution in [2.24, 2.45) is 35.5 Å². The Hall–Kier alpha value is -3.22. The Morgan fingerprint density at radius 1 is 0.879 bits per heavy atom. The quantitative estimate of drug-likeness (QED) is 0.180. The number of esters is 1. The lowest BCUT2D eigenvalue weighted by molar-refractivity contribution is -0.265. The number of methoxy groups -OCH3 is 3. The summed E-state index contributed by atoms with van der Waals surface area (Å²) in [6.45, 7) is 12.4. The van der Waals surface area contributed by atoms with Crippen LogP contribution in [0.2, 0.25) is 0 Å². The average Bonchev–Trinajstić information content (AvgIpc) is 3.28. The van der Waals surface area contributed by atoms with Gasteiger partial charge in [0.2, 0.25) is 5.79 Å². The molecule has 0 aromatic carbocycles. The van der Waals surface area contributed by atoms with Gasteiger partial charge in [-0.1, -0.05) is 71.1 Å². The molecule has 16 heteroatoms. The minimum absolute atomic E-state index is 0.00278. The number of carbonyl (C=O) groups excluding carboxylic acids is 5. The van der Waals surface area contributed by atoms with Gasteiger partial charge in [0.25, 0.3) is 11.7 Å². The van der Waals surface area contributed by atoms with Gasteiger partial charge in [0.15, 0.2) is 5.78 Å². The van der Waals surface area contributed by atoms with E-state index in [2.05, 4.69) is 0 Å². The molecule has 3 N–H and O–H groups in total. The third-order valence-electron chi connectivity index (χ3n) is 14.3. The lowest BCUT2D eigenvalue weighted by atomic mass is 9.78. The molecule has 0 aromatic heterocycles. The number of ether oxygens (including phenoxy) is 5. The number of rotatable bonds is 6. The van der Waals surface area contributed by atoms with Crippen LogP contribution in [0.25, 0.3) is 0 Å². The zero-order valence-corrected chi connectivity index (χ0v) is 41.5. The van der Waals surface area contributed by atoms with Crippen LogP contribution in [0.4, 0.5) is 0 Å². The van der Waals surface area contributed by atoms with Crippen LogP contribution in [-0.4, -0.2) is 141 Å². The Balaban J connectivity index is 1.72. The van der Waals surface area contributed by atoms with Crippen LogP contribution < -0.4 is 0 Å². The van der Waals surface area contributed by atoms with E-state index in [0.29, 0.717) is 50.5 Å². The van der Waals surface area contributed by atoms with Crippen LogP contribution in [-0.2, 0) is 58.5 Å². The van der Waals surface area contributed by atoms with Gasteiger partial charge in [-0.25, -0.2) is 4.79 Å². The summed E-state index contributed by atoms with van der Waals surface area (Å²) in [5.41, 5.74) is 1.20. The number of ketones is 3. The first kappa shape index (κ1) is 55.4. The Labute approximate surface area is 394 Å². The standard InChI is InChI=1S/C50H77NO14S/c1-29-14-12-11-13-15-30(2)41(61-8)26-37-18-16-35(7)50(59,65-37)47(56)48(57)51-28-66(60)21-20-38(51)49(58)64-42(32(4)24-36-17-19-39(52)43(25-36)62-9)27-40(53)31(3)23-34(6)45(55)46(63-10)44(54)33(5)22-29/h11-15,23,29,31-33,35-39,41-43,45-46,52,55,59H,16-22,24-28H2,1-10H3/b13-11+,14-12+,30-15+,34-23+/t29-,31-,32-,33-,35-,36+,37+,38+,39-,41+,42+,43-,45-,46+,50-,66?/m1/s1. The molecule has 2 bridgehead atoms. The first-order valence-corrected chi connectivity index (χ1v) is 25.2. The fraction of sp³-hybridized carbons (Fsp3) is 0.740. The van der Waals surface area contributed by atoms with E-state index in [-0.39, 0.29) is 54.5 Å². The molecule has 0 aromatic rings. The predicted molar refractivity (Wildman–Crippen MR) is 249 cm³/mol. The van der Waals surface area contributed by atoms with E-state index in [1.165, 1.54) is 7.11 Å². The minimum Gasteiger partial charge on any atom is -0.460 e. The van der Waals surface area contributed by atoms with Crippen molar-refractivity contribution in [3.05, 3.63) is 47.6 Å². The van der Waals surface area contributed by atoms with Gasteiger partial charge in [0, 0.05) is 68.5 Å². The van der Waals surface area contributed by atoms with Crippen LogP contribution in [0, 0.1) is 35.5 Å². The number of cyclic esters (lactones) is 1. The summed E-state index contributed by atoms with van der Waals surface area (Å²) in [7, 11) is 2.84. The van der Waals surface area contributed by atoms with Crippen LogP contribution in [0.1, 0.15) is 113 Å². The maximum atomic E-state index is 14.4. The lowest BCUT2D eigenvalue weighted by Gasteiger charge is -2.42. The molecule has 0 radical (unpaired) electrons. The Morgan fingerprint density at radius 3 is 2.26 bits per heavy atom. The molecule has 3 fully saturated rings. The highest BCUT2D eigenvalue weighted by molar-refractivity contribution is 7.85. The number of hydrogen-bond donors (Lipinski definition) is 3. The van der Waals surface area contributed by atoms with Crippen molar-refractivity contribution in [2.45, 2.75) is 167 Å². The molecule has 4 aliphatic rings. The van der Waals surface area contributed by atoms with Crippen LogP contribution in [0.5, 0.6) is 0 Å². The number of amides is 1. The van der Waals surface area contributed by atoms with Gasteiger partial charge < -0.3 is 43.9 Å². The van der Waals surface area contributed by atoms with Gasteiger partial charge in [0.1, 0.15) is 30.1 Å². The monoisotopic (exact) mass is 948 g/mol. The number of Topliss-reactive ketones (excluding diaryl/α,β-unsaturated/α-hetero) is 3. The lowest BCUT2D eigenvalue weighted by Crippen LogP contribution is -2.61. The zero-order chi connectivity index (χ0) is 49.0. The summed E-state index contributed by atoms with van der Waals surface area (Å²) in [6, 6.07) is -1.35. The van der Waals surface area contributed by atoms with E-state index >= 15 is 0 Å². The van der Waals surface area contributed by atoms with E-state index in [4.69, 9.17) is 23.7 Å². The molecular weight excluding hydrogens is 871 g/mol.